The van der Waals surface area contributed by atoms with Crippen LogP contribution in [0.25, 0.3) is 0 Å². The van der Waals surface area contributed by atoms with E-state index in [1.165, 1.54) is 0 Å². The first-order valence-electron chi connectivity index (χ1n) is 3.46. The van der Waals surface area contributed by atoms with Gasteiger partial charge in [-0.15, -0.1) is 0 Å². The van der Waals surface area contributed by atoms with Gasteiger partial charge in [-0.3, -0.25) is 5.41 Å². The number of nitroso groups, excluding NO2 is 1. The Kier molecular flexibility index (Phi) is 2.53. The lowest BCUT2D eigenvalue weighted by atomic mass is 10.1. The minimum Gasteiger partial charge on any atom is -0.384 e. The maximum absolute atomic E-state index is 9.88. The Bertz CT molecular complexity index is 292. The molecule has 0 spiro atoms. The van der Waals surface area contributed by atoms with E-state index in [1.807, 2.05) is 0 Å². The van der Waals surface area contributed by atoms with Crippen molar-refractivity contribution in [2.24, 2.45) is 10.9 Å². The molecule has 0 bridgehead atoms. The molecule has 0 unspecified atom stereocenters. The molecule has 62 valence electrons. The van der Waals surface area contributed by atoms with Crippen LogP contribution in [0.4, 0.5) is 0 Å². The highest BCUT2D eigenvalue weighted by atomic mass is 16.3. The van der Waals surface area contributed by atoms with Crippen molar-refractivity contribution in [3.05, 3.63) is 40.3 Å². The molecule has 0 aromatic heterocycles. The van der Waals surface area contributed by atoms with Gasteiger partial charge in [0.05, 0.1) is 0 Å². The summed E-state index contributed by atoms with van der Waals surface area (Å²) in [5, 5.41) is 9.85. The molecular formula is C8H9N3O. The second kappa shape index (κ2) is 3.61. The van der Waals surface area contributed by atoms with Crippen LogP contribution >= 0.6 is 0 Å². The van der Waals surface area contributed by atoms with Crippen molar-refractivity contribution in [3.8, 4) is 0 Å². The fourth-order valence-electron chi connectivity index (χ4n) is 0.864. The fourth-order valence-corrected chi connectivity index (χ4v) is 0.864. The zero-order chi connectivity index (χ0) is 8.97. The summed E-state index contributed by atoms with van der Waals surface area (Å²) in [4.78, 5) is 9.88. The quantitative estimate of drug-likeness (QED) is 0.399. The van der Waals surface area contributed by atoms with E-state index in [1.54, 1.807) is 24.3 Å². The first-order chi connectivity index (χ1) is 5.74. The van der Waals surface area contributed by atoms with Gasteiger partial charge in [-0.05, 0) is 5.56 Å². The van der Waals surface area contributed by atoms with Crippen LogP contribution in [-0.2, 0) is 6.54 Å². The Morgan fingerprint density at radius 3 is 2.42 bits per heavy atom. The van der Waals surface area contributed by atoms with Gasteiger partial charge in [0.15, 0.2) is 0 Å². The Morgan fingerprint density at radius 2 is 2.00 bits per heavy atom. The lowest BCUT2D eigenvalue weighted by Gasteiger charge is -1.98. The minimum absolute atomic E-state index is 0.0283. The zero-order valence-corrected chi connectivity index (χ0v) is 6.45. The fraction of sp³-hybridized carbons (Fsp3) is 0.125. The van der Waals surface area contributed by atoms with Crippen LogP contribution < -0.4 is 5.73 Å². The average molecular weight is 163 g/mol. The number of hydrogen-bond donors (Lipinski definition) is 2. The van der Waals surface area contributed by atoms with Crippen molar-refractivity contribution in [3.63, 3.8) is 0 Å². The van der Waals surface area contributed by atoms with E-state index in [2.05, 4.69) is 5.18 Å². The van der Waals surface area contributed by atoms with Gasteiger partial charge in [0.25, 0.3) is 0 Å². The standard InChI is InChI=1S/C8H9N3O/c9-8(10)7-3-1-6(2-4-7)5-11-12/h1-4H,5H2,(H3,9,10). The molecule has 1 aromatic rings. The molecule has 0 heterocycles. The monoisotopic (exact) mass is 163 g/mol. The number of amidine groups is 1. The van der Waals surface area contributed by atoms with E-state index in [4.69, 9.17) is 11.1 Å². The maximum Gasteiger partial charge on any atom is 0.122 e. The van der Waals surface area contributed by atoms with Crippen LogP contribution in [0.5, 0.6) is 0 Å². The number of nitrogens with zero attached hydrogens (tertiary/aromatic N) is 1. The van der Waals surface area contributed by atoms with E-state index in [-0.39, 0.29) is 12.4 Å². The Balaban J connectivity index is 2.85. The molecule has 3 N–H and O–H groups in total. The van der Waals surface area contributed by atoms with E-state index < -0.39 is 0 Å². The minimum atomic E-state index is 0.0283. The van der Waals surface area contributed by atoms with Gasteiger partial charge in [0.2, 0.25) is 0 Å². The van der Waals surface area contributed by atoms with Crippen molar-refractivity contribution >= 4 is 5.84 Å². The third-order valence-electron chi connectivity index (χ3n) is 1.51. The molecule has 1 aromatic carbocycles. The zero-order valence-electron chi connectivity index (χ0n) is 6.45. The molecule has 0 radical (unpaired) electrons. The molecule has 4 heteroatoms. The van der Waals surface area contributed by atoms with Crippen LogP contribution in [0, 0.1) is 10.3 Å². The number of rotatable bonds is 3. The number of nitrogens with two attached hydrogens (primary N) is 1. The third kappa shape index (κ3) is 1.88. The molecule has 0 fully saturated rings. The van der Waals surface area contributed by atoms with Crippen LogP contribution in [0.2, 0.25) is 0 Å². The van der Waals surface area contributed by atoms with Crippen LogP contribution in [-0.4, -0.2) is 5.84 Å². The van der Waals surface area contributed by atoms with E-state index >= 15 is 0 Å². The van der Waals surface area contributed by atoms with Crippen molar-refractivity contribution in [1.29, 1.82) is 5.41 Å². The SMILES string of the molecule is N=C(N)c1ccc(CN=O)cc1. The molecule has 12 heavy (non-hydrogen) atoms. The van der Waals surface area contributed by atoms with Gasteiger partial charge >= 0.3 is 0 Å². The summed E-state index contributed by atoms with van der Waals surface area (Å²) in [7, 11) is 0. The summed E-state index contributed by atoms with van der Waals surface area (Å²) >= 11 is 0. The van der Waals surface area contributed by atoms with Gasteiger partial charge in [-0.2, -0.15) is 4.91 Å². The third-order valence-corrected chi connectivity index (χ3v) is 1.51. The maximum atomic E-state index is 9.88. The number of nitrogen functional groups attached to an aromatic ring is 1. The highest BCUT2D eigenvalue weighted by Gasteiger charge is 1.95. The van der Waals surface area contributed by atoms with Gasteiger partial charge in [-0.1, -0.05) is 29.4 Å². The smallest absolute Gasteiger partial charge is 0.122 e. The average Bonchev–Trinajstić information content (AvgIpc) is 2.06. The van der Waals surface area contributed by atoms with Crippen LogP contribution in [0.1, 0.15) is 11.1 Å². The van der Waals surface area contributed by atoms with E-state index in [0.29, 0.717) is 5.56 Å². The summed E-state index contributed by atoms with van der Waals surface area (Å²) in [6.45, 7) is 0.165. The normalized spacial score (nSPS) is 9.33. The summed E-state index contributed by atoms with van der Waals surface area (Å²) < 4.78 is 0. The largest absolute Gasteiger partial charge is 0.384 e. The molecule has 0 saturated carbocycles. The van der Waals surface area contributed by atoms with E-state index in [9.17, 15) is 4.91 Å². The molecule has 0 aliphatic rings. The molecule has 0 saturated heterocycles. The molecular weight excluding hydrogens is 154 g/mol. The van der Waals surface area contributed by atoms with Crippen molar-refractivity contribution < 1.29 is 0 Å². The Hall–Kier alpha value is -1.71. The second-order valence-electron chi connectivity index (χ2n) is 2.40. The highest BCUT2D eigenvalue weighted by molar-refractivity contribution is 5.94. The predicted molar refractivity (Wildman–Crippen MR) is 47.0 cm³/mol. The Labute approximate surface area is 69.9 Å². The second-order valence-corrected chi connectivity index (χ2v) is 2.40. The predicted octanol–water partition coefficient (Wildman–Crippen LogP) is 1.24. The van der Waals surface area contributed by atoms with Crippen molar-refractivity contribution in [2.75, 3.05) is 0 Å². The lowest BCUT2D eigenvalue weighted by Crippen LogP contribution is -2.10. The number of benzene rings is 1. The Morgan fingerprint density at radius 1 is 1.42 bits per heavy atom. The van der Waals surface area contributed by atoms with Gasteiger partial charge in [0.1, 0.15) is 12.4 Å². The molecule has 0 aliphatic carbocycles. The van der Waals surface area contributed by atoms with Crippen LogP contribution in [0.15, 0.2) is 29.4 Å². The molecule has 1 rings (SSSR count). The molecule has 0 aliphatic heterocycles. The van der Waals surface area contributed by atoms with Crippen LogP contribution in [0.3, 0.4) is 0 Å². The topological polar surface area (TPSA) is 79.3 Å². The molecule has 0 amide bonds. The molecule has 4 nitrogen and oxygen atoms in total. The van der Waals surface area contributed by atoms with Gasteiger partial charge < -0.3 is 5.73 Å². The number of nitrogens with one attached hydrogen (secondary N) is 1. The highest BCUT2D eigenvalue weighted by Crippen LogP contribution is 2.04. The number of hydrogen-bond acceptors (Lipinski definition) is 3. The van der Waals surface area contributed by atoms with Gasteiger partial charge in [-0.25, -0.2) is 0 Å². The summed E-state index contributed by atoms with van der Waals surface area (Å²) in [5.41, 5.74) is 6.72. The lowest BCUT2D eigenvalue weighted by molar-refractivity contribution is 1.05. The first kappa shape index (κ1) is 8.39. The van der Waals surface area contributed by atoms with Crippen molar-refractivity contribution in [1.82, 2.24) is 0 Å². The summed E-state index contributed by atoms with van der Waals surface area (Å²) in [5.74, 6) is 0.0283. The summed E-state index contributed by atoms with van der Waals surface area (Å²) in [6.07, 6.45) is 0. The van der Waals surface area contributed by atoms with Gasteiger partial charge in [0, 0.05) is 5.56 Å². The summed E-state index contributed by atoms with van der Waals surface area (Å²) in [6, 6.07) is 6.86. The molecule has 0 atom stereocenters. The van der Waals surface area contributed by atoms with E-state index in [0.717, 1.165) is 5.56 Å². The first-order valence-corrected chi connectivity index (χ1v) is 3.46. The van der Waals surface area contributed by atoms with Crippen molar-refractivity contribution in [2.45, 2.75) is 6.54 Å².